The second-order valence-electron chi connectivity index (χ2n) is 2.30. The molecule has 0 spiro atoms. The molecule has 0 atom stereocenters. The third-order valence-electron chi connectivity index (χ3n) is 1.26. The van der Waals surface area contributed by atoms with Crippen LogP contribution in [0.5, 0.6) is 0 Å². The molecule has 0 aromatic heterocycles. The van der Waals surface area contributed by atoms with Gasteiger partial charge in [-0.2, -0.15) is 0 Å². The molecule has 2 heteroatoms. The average Bonchev–Trinajstić information content (AvgIpc) is 1.99. The van der Waals surface area contributed by atoms with Crippen molar-refractivity contribution in [3.8, 4) is 0 Å². The summed E-state index contributed by atoms with van der Waals surface area (Å²) in [6, 6.07) is 0. The molecule has 0 radical (unpaired) electrons. The summed E-state index contributed by atoms with van der Waals surface area (Å²) in [6.45, 7) is 4.14. The molecule has 0 aromatic rings. The lowest BCUT2D eigenvalue weighted by molar-refractivity contribution is -0.107. The molecule has 0 bridgehead atoms. The van der Waals surface area contributed by atoms with Gasteiger partial charge in [-0.1, -0.05) is 44.5 Å². The second-order valence-corrected chi connectivity index (χ2v) is 3.57. The third-order valence-corrected chi connectivity index (χ3v) is 1.97. The molecule has 0 heterocycles. The van der Waals surface area contributed by atoms with Crippen molar-refractivity contribution >= 4 is 16.9 Å². The van der Waals surface area contributed by atoms with Crippen molar-refractivity contribution in [2.24, 2.45) is 0 Å². The molecule has 1 nitrogen and oxygen atoms in total. The lowest BCUT2D eigenvalue weighted by Crippen LogP contribution is -1.84. The van der Waals surface area contributed by atoms with Crippen molar-refractivity contribution in [1.29, 1.82) is 0 Å². The molecule has 0 amide bonds. The van der Waals surface area contributed by atoms with Gasteiger partial charge in [0.25, 0.3) is 0 Å². The Morgan fingerprint density at radius 1 is 1.45 bits per heavy atom. The average molecular weight is 172 g/mol. The van der Waals surface area contributed by atoms with Gasteiger partial charge in [0.05, 0.1) is 0 Å². The second kappa shape index (κ2) is 7.86. The van der Waals surface area contributed by atoms with E-state index in [-0.39, 0.29) is 5.12 Å². The lowest BCUT2D eigenvalue weighted by Gasteiger charge is -1.89. The summed E-state index contributed by atoms with van der Waals surface area (Å²) in [7, 11) is 0. The van der Waals surface area contributed by atoms with Gasteiger partial charge < -0.3 is 0 Å². The maximum absolute atomic E-state index is 10.9. The number of rotatable bonds is 5. The monoisotopic (exact) mass is 172 g/mol. The van der Waals surface area contributed by atoms with E-state index in [4.69, 9.17) is 0 Å². The SMILES string of the molecule is CCCC/C=C/C(=O)SCC. The molecule has 0 unspecified atom stereocenters. The summed E-state index contributed by atoms with van der Waals surface area (Å²) < 4.78 is 0. The minimum Gasteiger partial charge on any atom is -0.282 e. The first kappa shape index (κ1) is 10.8. The Morgan fingerprint density at radius 2 is 2.18 bits per heavy atom. The number of thioether (sulfide) groups is 1. The van der Waals surface area contributed by atoms with Crippen molar-refractivity contribution in [2.75, 3.05) is 5.75 Å². The standard InChI is InChI=1S/C9H16OS/c1-3-5-6-7-8-9(10)11-4-2/h7-8H,3-6H2,1-2H3/b8-7+. The van der Waals surface area contributed by atoms with Crippen LogP contribution in [-0.2, 0) is 4.79 Å². The van der Waals surface area contributed by atoms with Gasteiger partial charge in [0.1, 0.15) is 0 Å². The van der Waals surface area contributed by atoms with Crippen LogP contribution in [0.15, 0.2) is 12.2 Å². The maximum atomic E-state index is 10.9. The molecule has 0 aliphatic carbocycles. The van der Waals surface area contributed by atoms with E-state index in [2.05, 4.69) is 6.92 Å². The Balaban J connectivity index is 3.32. The van der Waals surface area contributed by atoms with E-state index >= 15 is 0 Å². The van der Waals surface area contributed by atoms with Crippen LogP contribution in [0.4, 0.5) is 0 Å². The van der Waals surface area contributed by atoms with E-state index in [9.17, 15) is 4.79 Å². The zero-order valence-electron chi connectivity index (χ0n) is 7.30. The van der Waals surface area contributed by atoms with Gasteiger partial charge in [0.2, 0.25) is 5.12 Å². The van der Waals surface area contributed by atoms with Crippen LogP contribution in [0, 0.1) is 0 Å². The predicted octanol–water partition coefficient (Wildman–Crippen LogP) is 3.01. The molecular formula is C9H16OS. The van der Waals surface area contributed by atoms with Crippen LogP contribution in [0.1, 0.15) is 33.1 Å². The summed E-state index contributed by atoms with van der Waals surface area (Å²) in [5.41, 5.74) is 0. The topological polar surface area (TPSA) is 17.1 Å². The first-order valence-corrected chi connectivity index (χ1v) is 5.13. The van der Waals surface area contributed by atoms with Gasteiger partial charge in [0, 0.05) is 0 Å². The highest BCUT2D eigenvalue weighted by molar-refractivity contribution is 8.14. The van der Waals surface area contributed by atoms with Gasteiger partial charge in [0.15, 0.2) is 0 Å². The molecule has 0 saturated carbocycles. The van der Waals surface area contributed by atoms with E-state index in [0.717, 1.165) is 12.2 Å². The normalized spacial score (nSPS) is 10.7. The zero-order chi connectivity index (χ0) is 8.53. The molecule has 0 aromatic carbocycles. The minimum absolute atomic E-state index is 0.184. The highest BCUT2D eigenvalue weighted by Gasteiger charge is 1.91. The summed E-state index contributed by atoms with van der Waals surface area (Å²) >= 11 is 1.36. The highest BCUT2D eigenvalue weighted by atomic mass is 32.2. The largest absolute Gasteiger partial charge is 0.282 e. The molecule has 0 fully saturated rings. The Labute approximate surface area is 73.3 Å². The zero-order valence-corrected chi connectivity index (χ0v) is 8.12. The summed E-state index contributed by atoms with van der Waals surface area (Å²) in [5.74, 6) is 0.872. The molecular weight excluding hydrogens is 156 g/mol. The Kier molecular flexibility index (Phi) is 7.69. The van der Waals surface area contributed by atoms with E-state index in [1.165, 1.54) is 24.6 Å². The van der Waals surface area contributed by atoms with Crippen molar-refractivity contribution in [3.63, 3.8) is 0 Å². The molecule has 64 valence electrons. The number of carbonyl (C=O) groups is 1. The quantitative estimate of drug-likeness (QED) is 0.468. The fourth-order valence-electron chi connectivity index (χ4n) is 0.692. The Hall–Kier alpha value is -0.240. The van der Waals surface area contributed by atoms with Gasteiger partial charge in [-0.25, -0.2) is 0 Å². The number of hydrogen-bond donors (Lipinski definition) is 0. The van der Waals surface area contributed by atoms with Gasteiger partial charge in [-0.3, -0.25) is 4.79 Å². The molecule has 0 rings (SSSR count). The van der Waals surface area contributed by atoms with Crippen LogP contribution in [0.25, 0.3) is 0 Å². The molecule has 11 heavy (non-hydrogen) atoms. The van der Waals surface area contributed by atoms with E-state index < -0.39 is 0 Å². The Morgan fingerprint density at radius 3 is 2.73 bits per heavy atom. The van der Waals surface area contributed by atoms with Crippen molar-refractivity contribution in [1.82, 2.24) is 0 Å². The molecule has 0 aliphatic heterocycles. The highest BCUT2D eigenvalue weighted by Crippen LogP contribution is 2.03. The fourth-order valence-corrected chi connectivity index (χ4v) is 1.17. The van der Waals surface area contributed by atoms with Crippen molar-refractivity contribution in [2.45, 2.75) is 33.1 Å². The maximum Gasteiger partial charge on any atom is 0.211 e. The fraction of sp³-hybridized carbons (Fsp3) is 0.667. The number of unbranched alkanes of at least 4 members (excludes halogenated alkanes) is 2. The third kappa shape index (κ3) is 7.66. The lowest BCUT2D eigenvalue weighted by atomic mass is 10.2. The molecule has 0 aliphatic rings. The summed E-state index contributed by atoms with van der Waals surface area (Å²) in [4.78, 5) is 10.9. The van der Waals surface area contributed by atoms with Crippen LogP contribution < -0.4 is 0 Å². The van der Waals surface area contributed by atoms with Crippen LogP contribution in [-0.4, -0.2) is 10.9 Å². The van der Waals surface area contributed by atoms with Gasteiger partial charge in [-0.15, -0.1) is 0 Å². The van der Waals surface area contributed by atoms with Gasteiger partial charge >= 0.3 is 0 Å². The first-order valence-electron chi connectivity index (χ1n) is 4.14. The van der Waals surface area contributed by atoms with Crippen LogP contribution in [0.3, 0.4) is 0 Å². The Bertz CT molecular complexity index is 130. The van der Waals surface area contributed by atoms with E-state index in [1.807, 2.05) is 13.0 Å². The summed E-state index contributed by atoms with van der Waals surface area (Å²) in [6.07, 6.45) is 7.06. The van der Waals surface area contributed by atoms with Crippen LogP contribution >= 0.6 is 11.8 Å². The summed E-state index contributed by atoms with van der Waals surface area (Å²) in [5, 5.41) is 0.184. The number of hydrogen-bond acceptors (Lipinski definition) is 2. The number of carbonyl (C=O) groups excluding carboxylic acids is 1. The smallest absolute Gasteiger partial charge is 0.211 e. The first-order chi connectivity index (χ1) is 5.31. The van der Waals surface area contributed by atoms with E-state index in [0.29, 0.717) is 0 Å². The minimum atomic E-state index is 0.184. The van der Waals surface area contributed by atoms with Crippen molar-refractivity contribution < 1.29 is 4.79 Å². The van der Waals surface area contributed by atoms with Gasteiger partial charge in [-0.05, 0) is 18.2 Å². The number of allylic oxidation sites excluding steroid dienone is 1. The van der Waals surface area contributed by atoms with Crippen LogP contribution in [0.2, 0.25) is 0 Å². The molecule has 0 N–H and O–H groups in total. The van der Waals surface area contributed by atoms with E-state index in [1.54, 1.807) is 6.08 Å². The molecule has 0 saturated heterocycles. The van der Waals surface area contributed by atoms with Crippen molar-refractivity contribution in [3.05, 3.63) is 12.2 Å². The predicted molar refractivity (Wildman–Crippen MR) is 51.8 cm³/mol.